The SMILES string of the molecule is COc1ccccc1CN(Cc1ccco1)c1cnc(S(C)(=O)=O)nc1C(=O)Nc1ccc(C)cc1. The van der Waals surface area contributed by atoms with Crippen LogP contribution in [0.1, 0.15) is 27.4 Å². The Labute approximate surface area is 209 Å². The first-order valence-corrected chi connectivity index (χ1v) is 13.0. The van der Waals surface area contributed by atoms with Gasteiger partial charge in [0.15, 0.2) is 5.69 Å². The van der Waals surface area contributed by atoms with Crippen LogP contribution in [0.2, 0.25) is 0 Å². The first-order chi connectivity index (χ1) is 17.2. The fourth-order valence-electron chi connectivity index (χ4n) is 3.62. The van der Waals surface area contributed by atoms with Crippen LogP contribution >= 0.6 is 0 Å². The molecule has 0 saturated carbocycles. The Morgan fingerprint density at radius 1 is 1.06 bits per heavy atom. The van der Waals surface area contributed by atoms with E-state index in [4.69, 9.17) is 9.15 Å². The summed E-state index contributed by atoms with van der Waals surface area (Å²) in [6, 6.07) is 18.3. The number of amides is 1. The van der Waals surface area contributed by atoms with Gasteiger partial charge in [-0.1, -0.05) is 35.9 Å². The van der Waals surface area contributed by atoms with Crippen LogP contribution in [0, 0.1) is 6.92 Å². The summed E-state index contributed by atoms with van der Waals surface area (Å²) in [5, 5.41) is 2.37. The Morgan fingerprint density at radius 2 is 1.81 bits per heavy atom. The number of methoxy groups -OCH3 is 1. The molecule has 2 heterocycles. The molecule has 0 bridgehead atoms. The highest BCUT2D eigenvalue weighted by atomic mass is 32.2. The number of carbonyl (C=O) groups excluding carboxylic acids is 1. The summed E-state index contributed by atoms with van der Waals surface area (Å²) in [7, 11) is -2.18. The maximum absolute atomic E-state index is 13.4. The summed E-state index contributed by atoms with van der Waals surface area (Å²) in [5.41, 5.74) is 2.71. The number of sulfone groups is 1. The molecule has 0 fully saturated rings. The van der Waals surface area contributed by atoms with Crippen LogP contribution in [0.25, 0.3) is 0 Å². The van der Waals surface area contributed by atoms with E-state index in [-0.39, 0.29) is 12.2 Å². The zero-order valence-corrected chi connectivity index (χ0v) is 21.0. The lowest BCUT2D eigenvalue weighted by Gasteiger charge is -2.26. The molecule has 2 aromatic carbocycles. The van der Waals surface area contributed by atoms with Gasteiger partial charge < -0.3 is 19.4 Å². The number of aryl methyl sites for hydroxylation is 1. The van der Waals surface area contributed by atoms with E-state index in [1.807, 2.05) is 54.3 Å². The van der Waals surface area contributed by atoms with E-state index in [0.29, 0.717) is 29.4 Å². The molecule has 10 heteroatoms. The topological polar surface area (TPSA) is 115 Å². The number of rotatable bonds is 9. The third-order valence-electron chi connectivity index (χ3n) is 5.42. The number of hydrogen-bond donors (Lipinski definition) is 1. The Morgan fingerprint density at radius 3 is 2.47 bits per heavy atom. The van der Waals surface area contributed by atoms with Crippen molar-refractivity contribution in [3.8, 4) is 5.75 Å². The minimum absolute atomic E-state index is 0.0764. The number of hydrogen-bond acceptors (Lipinski definition) is 8. The van der Waals surface area contributed by atoms with Crippen LogP contribution in [0.4, 0.5) is 11.4 Å². The Hall–Kier alpha value is -4.18. The van der Waals surface area contributed by atoms with Gasteiger partial charge in [-0.25, -0.2) is 18.4 Å². The number of anilines is 2. The van der Waals surface area contributed by atoms with Crippen molar-refractivity contribution in [3.05, 3.63) is 95.7 Å². The van der Waals surface area contributed by atoms with Crippen molar-refractivity contribution < 1.29 is 22.4 Å². The predicted molar refractivity (Wildman–Crippen MR) is 136 cm³/mol. The van der Waals surface area contributed by atoms with Crippen molar-refractivity contribution >= 4 is 27.1 Å². The second-order valence-electron chi connectivity index (χ2n) is 8.23. The molecule has 1 N–H and O–H groups in total. The van der Waals surface area contributed by atoms with E-state index < -0.39 is 20.9 Å². The number of aromatic nitrogens is 2. The monoisotopic (exact) mass is 506 g/mol. The van der Waals surface area contributed by atoms with Crippen LogP contribution < -0.4 is 15.0 Å². The maximum atomic E-state index is 13.4. The zero-order valence-electron chi connectivity index (χ0n) is 20.1. The van der Waals surface area contributed by atoms with E-state index in [9.17, 15) is 13.2 Å². The first-order valence-electron chi connectivity index (χ1n) is 11.1. The molecule has 0 unspecified atom stereocenters. The summed E-state index contributed by atoms with van der Waals surface area (Å²) in [6.45, 7) is 2.53. The molecule has 4 rings (SSSR count). The lowest BCUT2D eigenvalue weighted by atomic mass is 10.1. The molecular weight excluding hydrogens is 480 g/mol. The molecule has 0 aliphatic heterocycles. The minimum Gasteiger partial charge on any atom is -0.496 e. The molecule has 0 spiro atoms. The Kier molecular flexibility index (Phi) is 7.35. The van der Waals surface area contributed by atoms with E-state index in [1.165, 1.54) is 6.20 Å². The fraction of sp³-hybridized carbons (Fsp3) is 0.192. The second-order valence-corrected chi connectivity index (χ2v) is 10.1. The van der Waals surface area contributed by atoms with Gasteiger partial charge in [0.1, 0.15) is 11.5 Å². The quantitative estimate of drug-likeness (QED) is 0.335. The van der Waals surface area contributed by atoms with Gasteiger partial charge >= 0.3 is 0 Å². The molecule has 0 aliphatic carbocycles. The normalized spacial score (nSPS) is 11.2. The van der Waals surface area contributed by atoms with Crippen molar-refractivity contribution in [1.82, 2.24) is 9.97 Å². The van der Waals surface area contributed by atoms with Crippen molar-refractivity contribution in [2.45, 2.75) is 25.2 Å². The number of nitrogens with one attached hydrogen (secondary N) is 1. The average molecular weight is 507 g/mol. The number of furan rings is 1. The van der Waals surface area contributed by atoms with Crippen LogP contribution in [-0.4, -0.2) is 37.7 Å². The Balaban J connectivity index is 1.80. The second kappa shape index (κ2) is 10.6. The van der Waals surface area contributed by atoms with Gasteiger partial charge in [-0.15, -0.1) is 0 Å². The lowest BCUT2D eigenvalue weighted by molar-refractivity contribution is 0.102. The van der Waals surface area contributed by atoms with E-state index in [1.54, 1.807) is 31.6 Å². The maximum Gasteiger partial charge on any atom is 0.276 e. The fourth-order valence-corrected chi connectivity index (χ4v) is 4.12. The number of nitrogens with zero attached hydrogens (tertiary/aromatic N) is 3. The lowest BCUT2D eigenvalue weighted by Crippen LogP contribution is -2.27. The zero-order chi connectivity index (χ0) is 25.7. The number of carbonyl (C=O) groups is 1. The van der Waals surface area contributed by atoms with Crippen molar-refractivity contribution in [1.29, 1.82) is 0 Å². The van der Waals surface area contributed by atoms with E-state index >= 15 is 0 Å². The van der Waals surface area contributed by atoms with Crippen LogP contribution in [-0.2, 0) is 22.9 Å². The molecule has 0 radical (unpaired) electrons. The molecule has 0 atom stereocenters. The highest BCUT2D eigenvalue weighted by molar-refractivity contribution is 7.90. The molecular formula is C26H26N4O5S. The average Bonchev–Trinajstić information content (AvgIpc) is 3.37. The van der Waals surface area contributed by atoms with Gasteiger partial charge in [0, 0.05) is 24.1 Å². The Bertz CT molecular complexity index is 1450. The summed E-state index contributed by atoms with van der Waals surface area (Å²) >= 11 is 0. The summed E-state index contributed by atoms with van der Waals surface area (Å²) in [5.74, 6) is 0.744. The van der Waals surface area contributed by atoms with Gasteiger partial charge in [0.05, 0.1) is 31.8 Å². The summed E-state index contributed by atoms with van der Waals surface area (Å²) in [6.07, 6.45) is 3.91. The van der Waals surface area contributed by atoms with Gasteiger partial charge in [0.25, 0.3) is 5.91 Å². The minimum atomic E-state index is -3.76. The van der Waals surface area contributed by atoms with E-state index in [0.717, 1.165) is 17.4 Å². The molecule has 2 aromatic heterocycles. The number of ether oxygens (including phenoxy) is 1. The molecule has 1 amide bonds. The molecule has 186 valence electrons. The van der Waals surface area contributed by atoms with Crippen LogP contribution in [0.5, 0.6) is 5.75 Å². The van der Waals surface area contributed by atoms with Gasteiger partial charge in [-0.2, -0.15) is 0 Å². The standard InChI is InChI=1S/C26H26N4O5S/c1-18-10-12-20(13-11-18)28-25(31)24-22(15-27-26(29-24)36(3,32)33)30(17-21-8-6-14-35-21)16-19-7-4-5-9-23(19)34-2/h4-15H,16-17H2,1-3H3,(H,28,31). The smallest absolute Gasteiger partial charge is 0.276 e. The highest BCUT2D eigenvalue weighted by Gasteiger charge is 2.25. The third kappa shape index (κ3) is 5.89. The molecule has 36 heavy (non-hydrogen) atoms. The first kappa shape index (κ1) is 24.9. The third-order valence-corrected chi connectivity index (χ3v) is 6.28. The van der Waals surface area contributed by atoms with E-state index in [2.05, 4.69) is 15.3 Å². The van der Waals surface area contributed by atoms with Crippen molar-refractivity contribution in [3.63, 3.8) is 0 Å². The summed E-state index contributed by atoms with van der Waals surface area (Å²) in [4.78, 5) is 23.5. The molecule has 9 nitrogen and oxygen atoms in total. The van der Waals surface area contributed by atoms with Gasteiger partial charge in [-0.3, -0.25) is 4.79 Å². The molecule has 4 aromatic rings. The van der Waals surface area contributed by atoms with Crippen LogP contribution in [0.3, 0.4) is 0 Å². The van der Waals surface area contributed by atoms with Crippen molar-refractivity contribution in [2.24, 2.45) is 0 Å². The van der Waals surface area contributed by atoms with Crippen LogP contribution in [0.15, 0.2) is 82.7 Å². The predicted octanol–water partition coefficient (Wildman–Crippen LogP) is 4.25. The van der Waals surface area contributed by atoms with Gasteiger partial charge in [0.2, 0.25) is 15.0 Å². The molecule has 0 aliphatic rings. The number of para-hydroxylation sites is 1. The number of benzene rings is 2. The molecule has 0 saturated heterocycles. The largest absolute Gasteiger partial charge is 0.496 e. The highest BCUT2D eigenvalue weighted by Crippen LogP contribution is 2.28. The van der Waals surface area contributed by atoms with Crippen molar-refractivity contribution in [2.75, 3.05) is 23.6 Å². The van der Waals surface area contributed by atoms with Gasteiger partial charge in [-0.05, 0) is 37.3 Å². The summed E-state index contributed by atoms with van der Waals surface area (Å²) < 4.78 is 35.5.